The molecular formula is C20H22N4O2S. The van der Waals surface area contributed by atoms with Gasteiger partial charge in [-0.15, -0.1) is 11.3 Å². The van der Waals surface area contributed by atoms with Crippen LogP contribution in [0.25, 0.3) is 10.2 Å². The number of hydrogen-bond acceptors (Lipinski definition) is 6. The van der Waals surface area contributed by atoms with Gasteiger partial charge in [-0.05, 0) is 49.7 Å². The van der Waals surface area contributed by atoms with Gasteiger partial charge in [0.2, 0.25) is 0 Å². The Bertz CT molecular complexity index is 991. The molecule has 2 aromatic heterocycles. The molecule has 0 saturated carbocycles. The molecule has 3 aromatic rings. The number of aryl methyl sites for hydroxylation is 2. The number of nitrogens with one attached hydrogen (secondary N) is 1. The Morgan fingerprint density at radius 2 is 1.93 bits per heavy atom. The number of rotatable bonds is 3. The SMILES string of the molecule is Cc1cc(C)c2c(N)c(C(=O)Nc3ccc(N4CCOCC4)cc3)sc2n1. The van der Waals surface area contributed by atoms with Crippen LogP contribution in [0.15, 0.2) is 30.3 Å². The molecule has 140 valence electrons. The maximum Gasteiger partial charge on any atom is 0.267 e. The van der Waals surface area contributed by atoms with Crippen molar-refractivity contribution in [3.05, 3.63) is 46.5 Å². The summed E-state index contributed by atoms with van der Waals surface area (Å²) >= 11 is 1.34. The van der Waals surface area contributed by atoms with Crippen LogP contribution in [0.2, 0.25) is 0 Å². The lowest BCUT2D eigenvalue weighted by molar-refractivity contribution is 0.103. The molecule has 0 unspecified atom stereocenters. The van der Waals surface area contributed by atoms with Crippen LogP contribution >= 0.6 is 11.3 Å². The summed E-state index contributed by atoms with van der Waals surface area (Å²) in [5.41, 5.74) is 10.6. The van der Waals surface area contributed by atoms with E-state index in [0.29, 0.717) is 10.6 Å². The third kappa shape index (κ3) is 3.48. The second kappa shape index (κ2) is 7.17. The molecule has 1 aromatic carbocycles. The average molecular weight is 382 g/mol. The first-order valence-electron chi connectivity index (χ1n) is 8.93. The highest BCUT2D eigenvalue weighted by Gasteiger charge is 2.19. The van der Waals surface area contributed by atoms with E-state index in [1.165, 1.54) is 11.3 Å². The molecular weight excluding hydrogens is 360 g/mol. The van der Waals surface area contributed by atoms with Crippen molar-refractivity contribution in [1.82, 2.24) is 4.98 Å². The van der Waals surface area contributed by atoms with Crippen molar-refractivity contribution in [3.8, 4) is 0 Å². The third-order valence-electron chi connectivity index (χ3n) is 4.73. The summed E-state index contributed by atoms with van der Waals surface area (Å²) in [6, 6.07) is 9.85. The van der Waals surface area contributed by atoms with E-state index in [2.05, 4.69) is 15.2 Å². The number of nitrogen functional groups attached to an aromatic ring is 1. The molecule has 27 heavy (non-hydrogen) atoms. The molecule has 1 aliphatic heterocycles. The molecule has 0 bridgehead atoms. The van der Waals surface area contributed by atoms with Crippen LogP contribution in [0, 0.1) is 13.8 Å². The van der Waals surface area contributed by atoms with Gasteiger partial charge in [0.25, 0.3) is 5.91 Å². The standard InChI is InChI=1S/C20H22N4O2S/c1-12-11-13(2)22-20-16(12)17(21)18(27-20)19(25)23-14-3-5-15(6-4-14)24-7-9-26-10-8-24/h3-6,11H,7-10,21H2,1-2H3,(H,23,25). The van der Waals surface area contributed by atoms with E-state index < -0.39 is 0 Å². The molecule has 0 atom stereocenters. The monoisotopic (exact) mass is 382 g/mol. The molecule has 0 spiro atoms. The molecule has 7 heteroatoms. The highest BCUT2D eigenvalue weighted by molar-refractivity contribution is 7.21. The van der Waals surface area contributed by atoms with Gasteiger partial charge < -0.3 is 20.7 Å². The van der Waals surface area contributed by atoms with Gasteiger partial charge in [0, 0.05) is 35.5 Å². The van der Waals surface area contributed by atoms with E-state index in [0.717, 1.165) is 59.2 Å². The second-order valence-corrected chi connectivity index (χ2v) is 7.71. The second-order valence-electron chi connectivity index (χ2n) is 6.71. The summed E-state index contributed by atoms with van der Waals surface area (Å²) in [7, 11) is 0. The predicted molar refractivity (Wildman–Crippen MR) is 111 cm³/mol. The molecule has 6 nitrogen and oxygen atoms in total. The molecule has 0 radical (unpaired) electrons. The Kier molecular flexibility index (Phi) is 4.72. The van der Waals surface area contributed by atoms with E-state index in [9.17, 15) is 4.79 Å². The Morgan fingerprint density at radius 3 is 2.63 bits per heavy atom. The zero-order valence-corrected chi connectivity index (χ0v) is 16.2. The van der Waals surface area contributed by atoms with Crippen molar-refractivity contribution < 1.29 is 9.53 Å². The van der Waals surface area contributed by atoms with Crippen molar-refractivity contribution in [2.24, 2.45) is 0 Å². The Morgan fingerprint density at radius 1 is 1.22 bits per heavy atom. The van der Waals surface area contributed by atoms with E-state index in [4.69, 9.17) is 10.5 Å². The highest BCUT2D eigenvalue weighted by Crippen LogP contribution is 2.35. The Hall–Kier alpha value is -2.64. The largest absolute Gasteiger partial charge is 0.397 e. The topological polar surface area (TPSA) is 80.5 Å². The minimum atomic E-state index is -0.202. The molecule has 1 saturated heterocycles. The first kappa shape index (κ1) is 17.8. The minimum Gasteiger partial charge on any atom is -0.397 e. The van der Waals surface area contributed by atoms with Crippen LogP contribution < -0.4 is 16.0 Å². The van der Waals surface area contributed by atoms with Crippen molar-refractivity contribution in [2.75, 3.05) is 42.3 Å². The summed E-state index contributed by atoms with van der Waals surface area (Å²) in [5, 5.41) is 3.82. The summed E-state index contributed by atoms with van der Waals surface area (Å²) in [4.78, 5) is 20.8. The smallest absolute Gasteiger partial charge is 0.267 e. The number of nitrogens with two attached hydrogens (primary N) is 1. The maximum absolute atomic E-state index is 12.8. The van der Waals surface area contributed by atoms with Gasteiger partial charge in [0.1, 0.15) is 9.71 Å². The Labute approximate surface area is 162 Å². The van der Waals surface area contributed by atoms with E-state index in [1.807, 2.05) is 44.2 Å². The lowest BCUT2D eigenvalue weighted by atomic mass is 10.1. The zero-order chi connectivity index (χ0) is 19.0. The molecule has 3 heterocycles. The molecule has 1 aliphatic rings. The van der Waals surface area contributed by atoms with Gasteiger partial charge in [0.15, 0.2) is 0 Å². The van der Waals surface area contributed by atoms with Crippen LogP contribution in [-0.2, 0) is 4.74 Å². The molecule has 0 aliphatic carbocycles. The number of benzene rings is 1. The zero-order valence-electron chi connectivity index (χ0n) is 15.4. The number of pyridine rings is 1. The molecule has 3 N–H and O–H groups in total. The maximum atomic E-state index is 12.8. The number of ether oxygens (including phenoxy) is 1. The van der Waals surface area contributed by atoms with E-state index >= 15 is 0 Å². The van der Waals surface area contributed by atoms with Crippen LogP contribution in [0.1, 0.15) is 20.9 Å². The van der Waals surface area contributed by atoms with Crippen LogP contribution in [0.3, 0.4) is 0 Å². The van der Waals surface area contributed by atoms with Crippen LogP contribution in [-0.4, -0.2) is 37.2 Å². The predicted octanol–water partition coefficient (Wildman–Crippen LogP) is 3.58. The highest BCUT2D eigenvalue weighted by atomic mass is 32.1. The van der Waals surface area contributed by atoms with Gasteiger partial charge >= 0.3 is 0 Å². The Balaban J connectivity index is 1.54. The number of fused-ring (bicyclic) bond motifs is 1. The van der Waals surface area contributed by atoms with Crippen LogP contribution in [0.4, 0.5) is 17.1 Å². The van der Waals surface area contributed by atoms with Gasteiger partial charge in [-0.1, -0.05) is 0 Å². The van der Waals surface area contributed by atoms with Gasteiger partial charge in [-0.3, -0.25) is 4.79 Å². The molecule has 1 fully saturated rings. The number of carbonyl (C=O) groups is 1. The summed E-state index contributed by atoms with van der Waals surface area (Å²) in [6.45, 7) is 7.20. The first-order chi connectivity index (χ1) is 13.0. The number of thiophene rings is 1. The number of carbonyl (C=O) groups excluding carboxylic acids is 1. The third-order valence-corrected chi connectivity index (χ3v) is 5.83. The lowest BCUT2D eigenvalue weighted by Crippen LogP contribution is -2.36. The number of anilines is 3. The van der Waals surface area contributed by atoms with Gasteiger partial charge in [-0.25, -0.2) is 4.98 Å². The average Bonchev–Trinajstić information content (AvgIpc) is 3.00. The van der Waals surface area contributed by atoms with E-state index in [1.54, 1.807) is 0 Å². The quantitative estimate of drug-likeness (QED) is 0.724. The van der Waals surface area contributed by atoms with Gasteiger partial charge in [0.05, 0.1) is 18.9 Å². The van der Waals surface area contributed by atoms with Crippen molar-refractivity contribution >= 4 is 44.5 Å². The molecule has 1 amide bonds. The lowest BCUT2D eigenvalue weighted by Gasteiger charge is -2.28. The number of nitrogens with zero attached hydrogens (tertiary/aromatic N) is 2. The normalized spacial score (nSPS) is 14.5. The number of morpholine rings is 1. The fourth-order valence-corrected chi connectivity index (χ4v) is 4.51. The fraction of sp³-hybridized carbons (Fsp3) is 0.300. The van der Waals surface area contributed by atoms with Crippen molar-refractivity contribution in [2.45, 2.75) is 13.8 Å². The number of aromatic nitrogens is 1. The summed E-state index contributed by atoms with van der Waals surface area (Å²) in [6.07, 6.45) is 0. The summed E-state index contributed by atoms with van der Waals surface area (Å²) < 4.78 is 5.38. The summed E-state index contributed by atoms with van der Waals surface area (Å²) in [5.74, 6) is -0.202. The first-order valence-corrected chi connectivity index (χ1v) is 9.75. The minimum absolute atomic E-state index is 0.202. The fourth-order valence-electron chi connectivity index (χ4n) is 3.40. The molecule has 4 rings (SSSR count). The van der Waals surface area contributed by atoms with Crippen LogP contribution in [0.5, 0.6) is 0 Å². The van der Waals surface area contributed by atoms with Gasteiger partial charge in [-0.2, -0.15) is 0 Å². The van der Waals surface area contributed by atoms with Crippen molar-refractivity contribution in [3.63, 3.8) is 0 Å². The number of amides is 1. The van der Waals surface area contributed by atoms with E-state index in [-0.39, 0.29) is 5.91 Å². The number of hydrogen-bond donors (Lipinski definition) is 2. The van der Waals surface area contributed by atoms with Crippen molar-refractivity contribution in [1.29, 1.82) is 0 Å².